The Labute approximate surface area is 138 Å². The van der Waals surface area contributed by atoms with Gasteiger partial charge in [-0.25, -0.2) is 0 Å². The number of aryl methyl sites for hydroxylation is 2. The Bertz CT molecular complexity index is 506. The summed E-state index contributed by atoms with van der Waals surface area (Å²) in [4.78, 5) is 3.77. The molecule has 0 amide bonds. The maximum absolute atomic E-state index is 11.7. The van der Waals surface area contributed by atoms with Crippen molar-refractivity contribution < 1.29 is 17.9 Å². The number of hydrogen-bond donors (Lipinski definition) is 2. The van der Waals surface area contributed by atoms with E-state index in [1.54, 1.807) is 0 Å². The summed E-state index contributed by atoms with van der Waals surface area (Å²) in [5, 5.41) is 2.86. The fourth-order valence-corrected chi connectivity index (χ4v) is 2.16. The van der Waals surface area contributed by atoms with Gasteiger partial charge in [-0.05, 0) is 42.5 Å². The van der Waals surface area contributed by atoms with Gasteiger partial charge in [0.2, 0.25) is 0 Å². The Morgan fingerprint density at radius 3 is 2.71 bits per heavy atom. The number of nitrogens with zero attached hydrogens (tertiary/aromatic N) is 1. The molecule has 21 heavy (non-hydrogen) atoms. The predicted molar refractivity (Wildman–Crippen MR) is 86.0 cm³/mol. The third-order valence-electron chi connectivity index (χ3n) is 3.01. The number of benzene rings is 1. The fourth-order valence-electron chi connectivity index (χ4n) is 2.16. The van der Waals surface area contributed by atoms with E-state index in [-0.39, 0.29) is 36.5 Å². The zero-order valence-corrected chi connectivity index (χ0v) is 13.6. The van der Waals surface area contributed by atoms with Gasteiger partial charge in [0, 0.05) is 5.69 Å². The number of nitrogens with two attached hydrogens (primary N) is 1. The van der Waals surface area contributed by atoms with E-state index in [0.29, 0.717) is 0 Å². The second-order valence-electron chi connectivity index (χ2n) is 4.52. The molecule has 1 aliphatic rings. The second kappa shape index (κ2) is 7.83. The average molecular weight is 415 g/mol. The average Bonchev–Trinajstić information content (AvgIpc) is 2.81. The van der Waals surface area contributed by atoms with Gasteiger partial charge in [0.1, 0.15) is 0 Å². The molecule has 0 saturated carbocycles. The molecular formula is C13H17F3IN3O. The van der Waals surface area contributed by atoms with Crippen LogP contribution in [0.25, 0.3) is 0 Å². The zero-order valence-electron chi connectivity index (χ0n) is 11.2. The van der Waals surface area contributed by atoms with Crippen LogP contribution in [-0.4, -0.2) is 25.5 Å². The minimum atomic E-state index is -4.63. The number of nitrogens with one attached hydrogen (secondary N) is 1. The lowest BCUT2D eigenvalue weighted by Gasteiger charge is -2.08. The van der Waals surface area contributed by atoms with Gasteiger partial charge in [-0.2, -0.15) is 0 Å². The summed E-state index contributed by atoms with van der Waals surface area (Å²) in [7, 11) is 0. The van der Waals surface area contributed by atoms with Gasteiger partial charge in [0.15, 0.2) is 5.96 Å². The minimum absolute atomic E-state index is 0. The largest absolute Gasteiger partial charge is 0.522 e. The molecule has 8 heteroatoms. The van der Waals surface area contributed by atoms with E-state index in [2.05, 4.69) is 15.0 Å². The number of guanidine groups is 1. The highest BCUT2D eigenvalue weighted by atomic mass is 127. The van der Waals surface area contributed by atoms with Crippen molar-refractivity contribution in [2.24, 2.45) is 10.7 Å². The molecule has 118 valence electrons. The van der Waals surface area contributed by atoms with Crippen molar-refractivity contribution in [3.05, 3.63) is 29.3 Å². The lowest BCUT2D eigenvalue weighted by Crippen LogP contribution is -2.24. The summed E-state index contributed by atoms with van der Waals surface area (Å²) >= 11 is 0. The van der Waals surface area contributed by atoms with E-state index in [4.69, 9.17) is 5.73 Å². The lowest BCUT2D eigenvalue weighted by molar-refractivity contribution is -0.323. The Balaban J connectivity index is 0.00000220. The molecule has 0 unspecified atom stereocenters. The van der Waals surface area contributed by atoms with Crippen molar-refractivity contribution in [1.29, 1.82) is 0 Å². The van der Waals surface area contributed by atoms with Crippen LogP contribution in [0.1, 0.15) is 17.5 Å². The molecule has 2 rings (SSSR count). The minimum Gasteiger partial charge on any atom is -0.370 e. The van der Waals surface area contributed by atoms with E-state index in [0.717, 1.165) is 24.9 Å². The highest BCUT2D eigenvalue weighted by Crippen LogP contribution is 2.24. The number of halogens is 4. The summed E-state index contributed by atoms with van der Waals surface area (Å²) in [6.07, 6.45) is -1.34. The van der Waals surface area contributed by atoms with Crippen molar-refractivity contribution in [2.45, 2.75) is 25.6 Å². The molecule has 1 aromatic rings. The Kier molecular flexibility index (Phi) is 6.72. The number of ether oxygens (including phenoxy) is 1. The molecule has 0 atom stereocenters. The first-order valence-corrected chi connectivity index (χ1v) is 6.33. The number of hydrogen-bond acceptors (Lipinski definition) is 2. The molecule has 0 radical (unpaired) electrons. The van der Waals surface area contributed by atoms with E-state index < -0.39 is 13.0 Å². The van der Waals surface area contributed by atoms with Gasteiger partial charge < -0.3 is 11.1 Å². The first-order chi connectivity index (χ1) is 9.44. The van der Waals surface area contributed by atoms with Gasteiger partial charge in [-0.15, -0.1) is 37.1 Å². The standard InChI is InChI=1S/C13H16F3N3O.HI/c14-13(15,16)20-7-6-18-12(17)19-11-5-4-9-2-1-3-10(9)8-11;/h4-5,8H,1-3,6-7H2,(H3,17,18,19);1H. The topological polar surface area (TPSA) is 59.6 Å². The third-order valence-corrected chi connectivity index (χ3v) is 3.01. The monoisotopic (exact) mass is 415 g/mol. The molecule has 0 bridgehead atoms. The summed E-state index contributed by atoms with van der Waals surface area (Å²) in [5.41, 5.74) is 9.02. The molecule has 4 nitrogen and oxygen atoms in total. The Morgan fingerprint density at radius 1 is 1.29 bits per heavy atom. The van der Waals surface area contributed by atoms with Crippen LogP contribution in [0.3, 0.4) is 0 Å². The van der Waals surface area contributed by atoms with Gasteiger partial charge >= 0.3 is 6.36 Å². The maximum atomic E-state index is 11.7. The van der Waals surface area contributed by atoms with E-state index >= 15 is 0 Å². The lowest BCUT2D eigenvalue weighted by atomic mass is 10.1. The van der Waals surface area contributed by atoms with Crippen molar-refractivity contribution in [3.63, 3.8) is 0 Å². The SMILES string of the molecule is I.NC(=NCCOC(F)(F)F)Nc1ccc2c(c1)CCC2. The molecule has 0 fully saturated rings. The van der Waals surface area contributed by atoms with Gasteiger partial charge in [0.25, 0.3) is 0 Å². The third kappa shape index (κ3) is 6.08. The summed E-state index contributed by atoms with van der Waals surface area (Å²) in [6, 6.07) is 5.92. The summed E-state index contributed by atoms with van der Waals surface area (Å²) < 4.78 is 38.8. The van der Waals surface area contributed by atoms with Crippen LogP contribution in [0.4, 0.5) is 18.9 Å². The number of aliphatic imine (C=N–C) groups is 1. The molecule has 0 saturated heterocycles. The Hall–Kier alpha value is -1.03. The number of fused-ring (bicyclic) bond motifs is 1. The van der Waals surface area contributed by atoms with Crippen molar-refractivity contribution in [1.82, 2.24) is 0 Å². The summed E-state index contributed by atoms with van der Waals surface area (Å²) in [6.45, 7) is -0.695. The molecule has 1 aliphatic carbocycles. The van der Waals surface area contributed by atoms with Crippen LogP contribution in [0.15, 0.2) is 23.2 Å². The molecule has 0 aliphatic heterocycles. The van der Waals surface area contributed by atoms with Gasteiger partial charge in [0.05, 0.1) is 13.2 Å². The van der Waals surface area contributed by atoms with Gasteiger partial charge in [-0.1, -0.05) is 6.07 Å². The van der Waals surface area contributed by atoms with Crippen LogP contribution in [0.2, 0.25) is 0 Å². The number of rotatable bonds is 4. The molecule has 0 heterocycles. The van der Waals surface area contributed by atoms with E-state index in [9.17, 15) is 13.2 Å². The van der Waals surface area contributed by atoms with Crippen molar-refractivity contribution in [3.8, 4) is 0 Å². The predicted octanol–water partition coefficient (Wildman–Crippen LogP) is 3.06. The number of anilines is 1. The van der Waals surface area contributed by atoms with Gasteiger partial charge in [-0.3, -0.25) is 9.73 Å². The molecule has 0 aromatic heterocycles. The fraction of sp³-hybridized carbons (Fsp3) is 0.462. The van der Waals surface area contributed by atoms with Crippen molar-refractivity contribution in [2.75, 3.05) is 18.5 Å². The smallest absolute Gasteiger partial charge is 0.370 e. The van der Waals surface area contributed by atoms with Crippen LogP contribution < -0.4 is 11.1 Å². The highest BCUT2D eigenvalue weighted by molar-refractivity contribution is 14.0. The van der Waals surface area contributed by atoms with E-state index in [1.165, 1.54) is 11.1 Å². The van der Waals surface area contributed by atoms with Crippen LogP contribution in [-0.2, 0) is 17.6 Å². The molecular weight excluding hydrogens is 398 g/mol. The molecule has 0 spiro atoms. The van der Waals surface area contributed by atoms with E-state index in [1.807, 2.05) is 18.2 Å². The quantitative estimate of drug-likeness (QED) is 0.344. The number of alkyl halides is 3. The second-order valence-corrected chi connectivity index (χ2v) is 4.52. The van der Waals surface area contributed by atoms with Crippen LogP contribution in [0.5, 0.6) is 0 Å². The normalized spacial score (nSPS) is 14.5. The highest BCUT2D eigenvalue weighted by Gasteiger charge is 2.28. The first-order valence-electron chi connectivity index (χ1n) is 6.33. The summed E-state index contributed by atoms with van der Waals surface area (Å²) in [5.74, 6) is 0.0775. The molecule has 3 N–H and O–H groups in total. The molecule has 1 aromatic carbocycles. The van der Waals surface area contributed by atoms with Crippen LogP contribution >= 0.6 is 24.0 Å². The van der Waals surface area contributed by atoms with Crippen molar-refractivity contribution >= 4 is 35.6 Å². The zero-order chi connectivity index (χ0) is 14.6. The van der Waals surface area contributed by atoms with Crippen LogP contribution in [0, 0.1) is 0 Å². The first kappa shape index (κ1) is 18.0. The Morgan fingerprint density at radius 2 is 2.00 bits per heavy atom. The maximum Gasteiger partial charge on any atom is 0.522 e.